The first kappa shape index (κ1) is 16.8. The molecule has 0 atom stereocenters. The molecule has 0 aliphatic heterocycles. The zero-order valence-electron chi connectivity index (χ0n) is 13.2. The molecule has 0 saturated heterocycles. The van der Waals surface area contributed by atoms with Gasteiger partial charge in [-0.25, -0.2) is 8.42 Å². The summed E-state index contributed by atoms with van der Waals surface area (Å²) in [6.45, 7) is 2.08. The number of nitrogens with one attached hydrogen (secondary N) is 1. The number of anilines is 1. The second-order valence-corrected chi connectivity index (χ2v) is 7.88. The zero-order valence-corrected chi connectivity index (χ0v) is 14.0. The van der Waals surface area contributed by atoms with Gasteiger partial charge < -0.3 is 5.32 Å². The second-order valence-electron chi connectivity index (χ2n) is 5.97. The Morgan fingerprint density at radius 2 is 2.00 bits per heavy atom. The number of nitrogens with zero attached hydrogens (tertiary/aromatic N) is 1. The van der Waals surface area contributed by atoms with E-state index in [1.165, 1.54) is 10.6 Å². The number of benzene rings is 1. The van der Waals surface area contributed by atoms with Crippen LogP contribution >= 0.6 is 0 Å². The van der Waals surface area contributed by atoms with Crippen molar-refractivity contribution in [1.29, 1.82) is 0 Å². The number of carbonyl (C=O) groups is 1. The summed E-state index contributed by atoms with van der Waals surface area (Å²) in [5.41, 5.74) is 1.60. The van der Waals surface area contributed by atoms with Crippen molar-refractivity contribution in [3.63, 3.8) is 0 Å². The Morgan fingerprint density at radius 1 is 1.32 bits per heavy atom. The van der Waals surface area contributed by atoms with Crippen LogP contribution in [0.5, 0.6) is 0 Å². The molecule has 1 aliphatic carbocycles. The van der Waals surface area contributed by atoms with Crippen LogP contribution in [0.1, 0.15) is 37.7 Å². The molecule has 6 heteroatoms. The summed E-state index contributed by atoms with van der Waals surface area (Å²) in [6.07, 6.45) is 5.72. The minimum atomic E-state index is -3.40. The van der Waals surface area contributed by atoms with Crippen LogP contribution in [-0.4, -0.2) is 33.2 Å². The summed E-state index contributed by atoms with van der Waals surface area (Å²) in [5, 5.41) is 2.99. The van der Waals surface area contributed by atoms with Gasteiger partial charge in [0.1, 0.15) is 0 Å². The van der Waals surface area contributed by atoms with Crippen LogP contribution in [0.15, 0.2) is 24.3 Å². The third-order valence-corrected chi connectivity index (χ3v) is 5.15. The van der Waals surface area contributed by atoms with Gasteiger partial charge in [0.15, 0.2) is 0 Å². The lowest BCUT2D eigenvalue weighted by Crippen LogP contribution is -2.37. The average Bonchev–Trinajstić information content (AvgIpc) is 2.90. The Balaban J connectivity index is 2.00. The maximum absolute atomic E-state index is 12.0. The van der Waals surface area contributed by atoms with E-state index in [0.29, 0.717) is 5.69 Å². The van der Waals surface area contributed by atoms with Crippen molar-refractivity contribution in [2.24, 2.45) is 0 Å². The largest absolute Gasteiger partial charge is 0.353 e. The van der Waals surface area contributed by atoms with Crippen LogP contribution < -0.4 is 9.62 Å². The van der Waals surface area contributed by atoms with Crippen LogP contribution in [-0.2, 0) is 14.8 Å². The van der Waals surface area contributed by atoms with Gasteiger partial charge in [-0.1, -0.05) is 25.0 Å². The van der Waals surface area contributed by atoms with Gasteiger partial charge in [0.05, 0.1) is 11.9 Å². The molecule has 122 valence electrons. The average molecular weight is 324 g/mol. The van der Waals surface area contributed by atoms with E-state index in [2.05, 4.69) is 5.32 Å². The molecule has 1 saturated carbocycles. The Kier molecular flexibility index (Phi) is 5.45. The highest BCUT2D eigenvalue weighted by Crippen LogP contribution is 2.20. The molecule has 22 heavy (non-hydrogen) atoms. The smallest absolute Gasteiger partial charge is 0.232 e. The Bertz CT molecular complexity index is 622. The second kappa shape index (κ2) is 7.13. The van der Waals surface area contributed by atoms with E-state index in [1.807, 2.05) is 25.1 Å². The van der Waals surface area contributed by atoms with E-state index in [-0.39, 0.29) is 24.9 Å². The monoisotopic (exact) mass is 324 g/mol. The Morgan fingerprint density at radius 3 is 2.59 bits per heavy atom. The fourth-order valence-corrected chi connectivity index (χ4v) is 3.76. The summed E-state index contributed by atoms with van der Waals surface area (Å²) in [4.78, 5) is 12.0. The molecule has 0 bridgehead atoms. The molecule has 2 rings (SSSR count). The topological polar surface area (TPSA) is 66.5 Å². The molecule has 0 unspecified atom stereocenters. The number of aryl methyl sites for hydroxylation is 1. The highest BCUT2D eigenvalue weighted by molar-refractivity contribution is 7.92. The van der Waals surface area contributed by atoms with Gasteiger partial charge in [0.2, 0.25) is 15.9 Å². The number of hydrogen-bond donors (Lipinski definition) is 1. The van der Waals surface area contributed by atoms with Crippen LogP contribution in [0.2, 0.25) is 0 Å². The SMILES string of the molecule is Cc1cccc(N(CCC(=O)NC2CCCC2)S(C)(=O)=O)c1. The van der Waals surface area contributed by atoms with E-state index in [1.54, 1.807) is 6.07 Å². The van der Waals surface area contributed by atoms with Gasteiger partial charge in [-0.3, -0.25) is 9.10 Å². The van der Waals surface area contributed by atoms with Crippen molar-refractivity contribution in [3.05, 3.63) is 29.8 Å². The number of carbonyl (C=O) groups excluding carboxylic acids is 1. The highest BCUT2D eigenvalue weighted by atomic mass is 32.2. The Labute approximate surface area is 132 Å². The molecule has 1 fully saturated rings. The molecule has 0 heterocycles. The molecular formula is C16H24N2O3S. The third-order valence-electron chi connectivity index (χ3n) is 3.95. The fourth-order valence-electron chi connectivity index (χ4n) is 2.84. The summed E-state index contributed by atoms with van der Waals surface area (Å²) in [5.74, 6) is -0.0757. The molecule has 0 aromatic heterocycles. The predicted octanol–water partition coefficient (Wildman–Crippen LogP) is 2.21. The van der Waals surface area contributed by atoms with E-state index < -0.39 is 10.0 Å². The number of sulfonamides is 1. The number of amides is 1. The molecule has 1 aliphatic rings. The van der Waals surface area contributed by atoms with Gasteiger partial charge in [-0.15, -0.1) is 0 Å². The first-order valence-corrected chi connectivity index (χ1v) is 9.55. The molecule has 5 nitrogen and oxygen atoms in total. The summed E-state index contributed by atoms with van der Waals surface area (Å²) in [7, 11) is -3.40. The van der Waals surface area contributed by atoms with E-state index in [0.717, 1.165) is 31.2 Å². The first-order valence-electron chi connectivity index (χ1n) is 7.70. The van der Waals surface area contributed by atoms with Crippen LogP contribution in [0.4, 0.5) is 5.69 Å². The van der Waals surface area contributed by atoms with Gasteiger partial charge in [-0.2, -0.15) is 0 Å². The maximum Gasteiger partial charge on any atom is 0.232 e. The van der Waals surface area contributed by atoms with Crippen molar-refractivity contribution < 1.29 is 13.2 Å². The summed E-state index contributed by atoms with van der Waals surface area (Å²) < 4.78 is 25.3. The maximum atomic E-state index is 12.0. The van der Waals surface area contributed by atoms with Crippen molar-refractivity contribution in [1.82, 2.24) is 5.32 Å². The van der Waals surface area contributed by atoms with E-state index >= 15 is 0 Å². The van der Waals surface area contributed by atoms with Crippen molar-refractivity contribution in [2.45, 2.75) is 45.1 Å². The standard InChI is InChI=1S/C16H24N2O3S/c1-13-6-5-9-15(12-13)18(22(2,20)21)11-10-16(19)17-14-7-3-4-8-14/h5-6,9,12,14H,3-4,7-8,10-11H2,1-2H3,(H,17,19). The fraction of sp³-hybridized carbons (Fsp3) is 0.562. The highest BCUT2D eigenvalue weighted by Gasteiger charge is 2.21. The molecule has 0 spiro atoms. The lowest BCUT2D eigenvalue weighted by molar-refractivity contribution is -0.121. The van der Waals surface area contributed by atoms with Gasteiger partial charge >= 0.3 is 0 Å². The molecule has 1 amide bonds. The molecule has 1 aromatic carbocycles. The predicted molar refractivity (Wildman–Crippen MR) is 88.4 cm³/mol. The normalized spacial score (nSPS) is 15.7. The zero-order chi connectivity index (χ0) is 16.2. The van der Waals surface area contributed by atoms with Crippen LogP contribution in [0, 0.1) is 6.92 Å². The minimum absolute atomic E-state index is 0.0757. The quantitative estimate of drug-likeness (QED) is 0.872. The molecule has 1 aromatic rings. The minimum Gasteiger partial charge on any atom is -0.353 e. The molecular weight excluding hydrogens is 300 g/mol. The third kappa shape index (κ3) is 4.73. The molecule has 1 N–H and O–H groups in total. The van der Waals surface area contributed by atoms with Crippen molar-refractivity contribution in [3.8, 4) is 0 Å². The molecule has 0 radical (unpaired) electrons. The van der Waals surface area contributed by atoms with Gasteiger partial charge in [-0.05, 0) is 37.5 Å². The van der Waals surface area contributed by atoms with Crippen molar-refractivity contribution >= 4 is 21.6 Å². The van der Waals surface area contributed by atoms with Crippen LogP contribution in [0.25, 0.3) is 0 Å². The van der Waals surface area contributed by atoms with Gasteiger partial charge in [0.25, 0.3) is 0 Å². The summed E-state index contributed by atoms with van der Waals surface area (Å²) in [6, 6.07) is 7.56. The Hall–Kier alpha value is -1.56. The van der Waals surface area contributed by atoms with E-state index in [9.17, 15) is 13.2 Å². The first-order chi connectivity index (χ1) is 10.4. The lowest BCUT2D eigenvalue weighted by Gasteiger charge is -2.23. The van der Waals surface area contributed by atoms with Crippen LogP contribution in [0.3, 0.4) is 0 Å². The summed E-state index contributed by atoms with van der Waals surface area (Å²) >= 11 is 0. The number of rotatable bonds is 6. The van der Waals surface area contributed by atoms with Crippen molar-refractivity contribution in [2.75, 3.05) is 17.1 Å². The van der Waals surface area contributed by atoms with Gasteiger partial charge in [0, 0.05) is 19.0 Å². The van der Waals surface area contributed by atoms with E-state index in [4.69, 9.17) is 0 Å². The lowest BCUT2D eigenvalue weighted by atomic mass is 10.2. The number of hydrogen-bond acceptors (Lipinski definition) is 3.